The molecule has 7 heteroatoms. The van der Waals surface area contributed by atoms with Crippen molar-refractivity contribution in [2.24, 2.45) is 0 Å². The summed E-state index contributed by atoms with van der Waals surface area (Å²) in [4.78, 5) is 29.7. The van der Waals surface area contributed by atoms with E-state index in [0.29, 0.717) is 10.9 Å². The summed E-state index contributed by atoms with van der Waals surface area (Å²) < 4.78 is 1.23. The van der Waals surface area contributed by atoms with Crippen LogP contribution in [0.15, 0.2) is 35.4 Å². The number of carboxylic acid groups (broad SMARTS) is 1. The van der Waals surface area contributed by atoms with E-state index in [1.54, 1.807) is 12.1 Å². The van der Waals surface area contributed by atoms with Gasteiger partial charge in [-0.3, -0.25) is 9.78 Å². The number of nitrogens with one attached hydrogen (secondary N) is 1. The van der Waals surface area contributed by atoms with Gasteiger partial charge in [0.25, 0.3) is 5.56 Å². The lowest BCUT2D eigenvalue weighted by molar-refractivity contribution is 0.0697. The first-order valence-electron chi connectivity index (χ1n) is 5.83. The van der Waals surface area contributed by atoms with Crippen molar-refractivity contribution in [2.45, 2.75) is 6.92 Å². The van der Waals surface area contributed by atoms with E-state index in [0.717, 1.165) is 5.56 Å². The van der Waals surface area contributed by atoms with Crippen LogP contribution < -0.4 is 5.56 Å². The molecule has 7 nitrogen and oxygen atoms in total. The Hall–Kier alpha value is -2.96. The van der Waals surface area contributed by atoms with Crippen LogP contribution in [0.25, 0.3) is 16.9 Å². The van der Waals surface area contributed by atoms with Crippen LogP contribution in [0.5, 0.6) is 0 Å². The second kappa shape index (κ2) is 4.30. The van der Waals surface area contributed by atoms with E-state index in [1.807, 2.05) is 13.0 Å². The molecule has 0 radical (unpaired) electrons. The summed E-state index contributed by atoms with van der Waals surface area (Å²) in [6.45, 7) is 1.90. The number of carbonyl (C=O) groups is 1. The zero-order valence-electron chi connectivity index (χ0n) is 10.5. The smallest absolute Gasteiger partial charge is 0.338 e. The zero-order valence-corrected chi connectivity index (χ0v) is 10.5. The molecule has 100 valence electrons. The van der Waals surface area contributed by atoms with Crippen LogP contribution in [-0.4, -0.2) is 30.8 Å². The topological polar surface area (TPSA) is 101 Å². The average molecular weight is 270 g/mol. The van der Waals surface area contributed by atoms with Crippen LogP contribution in [0.2, 0.25) is 0 Å². The quantitative estimate of drug-likeness (QED) is 0.726. The minimum Gasteiger partial charge on any atom is -0.478 e. The summed E-state index contributed by atoms with van der Waals surface area (Å²) in [6.07, 6.45) is 2.49. The molecule has 0 spiro atoms. The van der Waals surface area contributed by atoms with E-state index in [9.17, 15) is 9.59 Å². The Bertz CT molecular complexity index is 879. The lowest BCUT2D eigenvalue weighted by atomic mass is 10.2. The predicted octanol–water partition coefficient (Wildman–Crippen LogP) is 1.12. The minimum atomic E-state index is -1.09. The number of rotatable bonds is 2. The number of nitrogens with zero attached hydrogens (tertiary/aromatic N) is 3. The lowest BCUT2D eigenvalue weighted by Crippen LogP contribution is -2.13. The Morgan fingerprint density at radius 2 is 2.20 bits per heavy atom. The molecule has 2 heterocycles. The van der Waals surface area contributed by atoms with Crippen molar-refractivity contribution in [1.82, 2.24) is 19.7 Å². The molecule has 0 aliphatic rings. The summed E-state index contributed by atoms with van der Waals surface area (Å²) >= 11 is 0. The highest BCUT2D eigenvalue weighted by Gasteiger charge is 2.10. The Morgan fingerprint density at radius 3 is 2.90 bits per heavy atom. The number of hydrogen-bond acceptors (Lipinski definition) is 4. The lowest BCUT2D eigenvalue weighted by Gasteiger charge is -2.03. The Balaban J connectivity index is 2.20. The van der Waals surface area contributed by atoms with Crippen molar-refractivity contribution in [1.29, 1.82) is 0 Å². The molecule has 3 rings (SSSR count). The molecule has 0 atom stereocenters. The summed E-state index contributed by atoms with van der Waals surface area (Å²) in [6, 6.07) is 5.32. The van der Waals surface area contributed by atoms with Crippen LogP contribution in [0.3, 0.4) is 0 Å². The van der Waals surface area contributed by atoms with E-state index in [1.165, 1.54) is 17.1 Å². The van der Waals surface area contributed by atoms with Crippen molar-refractivity contribution in [2.75, 3.05) is 0 Å². The maximum atomic E-state index is 12.0. The highest BCUT2D eigenvalue weighted by atomic mass is 16.4. The van der Waals surface area contributed by atoms with Gasteiger partial charge in [-0.15, -0.1) is 0 Å². The first kappa shape index (κ1) is 12.1. The molecule has 3 aromatic rings. The van der Waals surface area contributed by atoms with E-state index in [2.05, 4.69) is 15.1 Å². The van der Waals surface area contributed by atoms with Crippen molar-refractivity contribution < 1.29 is 9.90 Å². The molecular formula is C13H10N4O3. The highest BCUT2D eigenvalue weighted by Crippen LogP contribution is 2.11. The van der Waals surface area contributed by atoms with E-state index >= 15 is 0 Å². The number of H-pyrrole nitrogens is 1. The van der Waals surface area contributed by atoms with Crippen LogP contribution in [0, 0.1) is 6.92 Å². The van der Waals surface area contributed by atoms with Crippen molar-refractivity contribution in [3.63, 3.8) is 0 Å². The van der Waals surface area contributed by atoms with Crippen LogP contribution >= 0.6 is 0 Å². The fraction of sp³-hybridized carbons (Fsp3) is 0.0769. The molecule has 0 saturated heterocycles. The Kier molecular flexibility index (Phi) is 2.60. The summed E-state index contributed by atoms with van der Waals surface area (Å²) in [5.74, 6) is -0.907. The third kappa shape index (κ3) is 1.95. The molecule has 0 fully saturated rings. The number of benzene rings is 1. The van der Waals surface area contributed by atoms with Crippen molar-refractivity contribution in [3.8, 4) is 5.95 Å². The maximum absolute atomic E-state index is 12.0. The van der Waals surface area contributed by atoms with E-state index in [4.69, 9.17) is 5.11 Å². The number of aromatic amines is 1. The van der Waals surface area contributed by atoms with Gasteiger partial charge in [0.2, 0.25) is 5.95 Å². The fourth-order valence-corrected chi connectivity index (χ4v) is 1.89. The van der Waals surface area contributed by atoms with Crippen LogP contribution in [0.1, 0.15) is 15.9 Å². The molecule has 1 aromatic carbocycles. The SMILES string of the molecule is Cc1ccc2c(=O)[nH]c(-n3cc(C(=O)O)cn3)nc2c1. The molecule has 0 amide bonds. The van der Waals surface area contributed by atoms with Crippen molar-refractivity contribution in [3.05, 3.63) is 52.1 Å². The molecule has 0 bridgehead atoms. The average Bonchev–Trinajstić information content (AvgIpc) is 2.87. The summed E-state index contributed by atoms with van der Waals surface area (Å²) in [7, 11) is 0. The molecular weight excluding hydrogens is 260 g/mol. The maximum Gasteiger partial charge on any atom is 0.338 e. The van der Waals surface area contributed by atoms with E-state index in [-0.39, 0.29) is 17.1 Å². The van der Waals surface area contributed by atoms with Gasteiger partial charge in [-0.2, -0.15) is 5.10 Å². The Labute approximate surface area is 112 Å². The predicted molar refractivity (Wildman–Crippen MR) is 71.2 cm³/mol. The molecule has 2 N–H and O–H groups in total. The molecule has 0 saturated carbocycles. The number of aromatic carboxylic acids is 1. The van der Waals surface area contributed by atoms with Gasteiger partial charge in [-0.1, -0.05) is 6.07 Å². The van der Waals surface area contributed by atoms with Gasteiger partial charge in [0.15, 0.2) is 0 Å². The number of fused-ring (bicyclic) bond motifs is 1. The molecule has 0 unspecified atom stereocenters. The van der Waals surface area contributed by atoms with Gasteiger partial charge in [-0.05, 0) is 24.6 Å². The number of aromatic nitrogens is 4. The number of aryl methyl sites for hydroxylation is 1. The minimum absolute atomic E-state index is 0.0250. The molecule has 20 heavy (non-hydrogen) atoms. The number of hydrogen-bond donors (Lipinski definition) is 2. The van der Waals surface area contributed by atoms with Crippen LogP contribution in [-0.2, 0) is 0 Å². The van der Waals surface area contributed by atoms with Gasteiger partial charge in [0, 0.05) is 6.20 Å². The first-order valence-corrected chi connectivity index (χ1v) is 5.83. The van der Waals surface area contributed by atoms with Gasteiger partial charge in [0.1, 0.15) is 0 Å². The largest absolute Gasteiger partial charge is 0.478 e. The second-order valence-electron chi connectivity index (χ2n) is 4.39. The Morgan fingerprint density at radius 1 is 1.40 bits per heavy atom. The van der Waals surface area contributed by atoms with Crippen LogP contribution in [0.4, 0.5) is 0 Å². The molecule has 2 aromatic heterocycles. The third-order valence-corrected chi connectivity index (χ3v) is 2.90. The standard InChI is InChI=1S/C13H10N4O3/c1-7-2-3-9-10(4-7)15-13(16-11(9)18)17-6-8(5-14-17)12(19)20/h2-6H,1H3,(H,19,20)(H,15,16,18). The summed E-state index contributed by atoms with van der Waals surface area (Å²) in [5, 5.41) is 13.2. The number of carboxylic acids is 1. The fourth-order valence-electron chi connectivity index (χ4n) is 1.89. The van der Waals surface area contributed by atoms with Gasteiger partial charge in [0.05, 0.1) is 22.7 Å². The van der Waals surface area contributed by atoms with Crippen molar-refractivity contribution >= 4 is 16.9 Å². The van der Waals surface area contributed by atoms with Gasteiger partial charge < -0.3 is 5.11 Å². The monoisotopic (exact) mass is 270 g/mol. The van der Waals surface area contributed by atoms with Gasteiger partial charge >= 0.3 is 5.97 Å². The summed E-state index contributed by atoms with van der Waals surface area (Å²) in [5.41, 5.74) is 1.25. The zero-order chi connectivity index (χ0) is 14.3. The normalized spacial score (nSPS) is 10.8. The molecule has 0 aliphatic heterocycles. The molecule has 0 aliphatic carbocycles. The second-order valence-corrected chi connectivity index (χ2v) is 4.39. The third-order valence-electron chi connectivity index (χ3n) is 2.90. The highest BCUT2D eigenvalue weighted by molar-refractivity contribution is 5.87. The first-order chi connectivity index (χ1) is 9.54. The van der Waals surface area contributed by atoms with E-state index < -0.39 is 5.97 Å². The van der Waals surface area contributed by atoms with Gasteiger partial charge in [-0.25, -0.2) is 14.5 Å².